The van der Waals surface area contributed by atoms with Gasteiger partial charge in [0, 0.05) is 11.6 Å². The quantitative estimate of drug-likeness (QED) is 0.297. The van der Waals surface area contributed by atoms with Crippen LogP contribution in [0.1, 0.15) is 11.1 Å². The average Bonchev–Trinajstić information content (AvgIpc) is 2.86. The smallest absolute Gasteiger partial charge is 0.339 e. The number of carbonyl (C=O) groups is 2. The molecule has 7 nitrogen and oxygen atoms in total. The van der Waals surface area contributed by atoms with Crippen LogP contribution in [-0.4, -0.2) is 39.8 Å². The van der Waals surface area contributed by atoms with Crippen molar-refractivity contribution < 1.29 is 28.5 Å². The van der Waals surface area contributed by atoms with E-state index < -0.39 is 18.5 Å². The van der Waals surface area contributed by atoms with Gasteiger partial charge in [-0.05, 0) is 29.8 Å². The zero-order chi connectivity index (χ0) is 23.6. The number of carbonyl (C=O) groups excluding carboxylic acids is 2. The first-order chi connectivity index (χ1) is 16.0. The van der Waals surface area contributed by atoms with Crippen LogP contribution in [0.2, 0.25) is 0 Å². The summed E-state index contributed by atoms with van der Waals surface area (Å²) in [4.78, 5) is 25.5. The minimum absolute atomic E-state index is 0.298. The molecule has 0 atom stereocenters. The lowest BCUT2D eigenvalue weighted by molar-refractivity contribution is -0.141. The summed E-state index contributed by atoms with van der Waals surface area (Å²) in [6, 6.07) is 21.4. The predicted octanol–water partition coefficient (Wildman–Crippen LogP) is 4.43. The number of benzene rings is 3. The molecule has 0 aliphatic heterocycles. The van der Waals surface area contributed by atoms with Gasteiger partial charge in [-0.3, -0.25) is 4.79 Å². The Hall–Kier alpha value is -4.26. The molecule has 1 amide bonds. The molecule has 0 radical (unpaired) electrons. The molecule has 3 rings (SSSR count). The molecule has 0 bridgehead atoms. The first-order valence-corrected chi connectivity index (χ1v) is 10.1. The van der Waals surface area contributed by atoms with Gasteiger partial charge in [-0.25, -0.2) is 4.79 Å². The van der Waals surface area contributed by atoms with Gasteiger partial charge in [0.15, 0.2) is 6.61 Å². The van der Waals surface area contributed by atoms with Crippen LogP contribution in [0.4, 0.5) is 5.69 Å². The summed E-state index contributed by atoms with van der Waals surface area (Å²) in [5.74, 6) is 0.465. The number of methoxy groups -OCH3 is 3. The van der Waals surface area contributed by atoms with Crippen molar-refractivity contribution in [3.8, 4) is 17.2 Å². The Morgan fingerprint density at radius 3 is 2.21 bits per heavy atom. The van der Waals surface area contributed by atoms with E-state index in [1.165, 1.54) is 14.2 Å². The van der Waals surface area contributed by atoms with Crippen molar-refractivity contribution in [2.75, 3.05) is 33.3 Å². The number of amides is 1. The number of para-hydroxylation sites is 1. The minimum atomic E-state index is -0.639. The van der Waals surface area contributed by atoms with E-state index in [1.807, 2.05) is 36.4 Å². The molecule has 3 aromatic rings. The molecule has 170 valence electrons. The normalized spacial score (nSPS) is 10.8. The fraction of sp³-hybridized carbons (Fsp3) is 0.154. The highest BCUT2D eigenvalue weighted by molar-refractivity contribution is 6.22. The summed E-state index contributed by atoms with van der Waals surface area (Å²) in [7, 11) is 4.57. The summed E-state index contributed by atoms with van der Waals surface area (Å²) in [5, 5.41) is 2.68. The molecule has 0 aliphatic rings. The maximum atomic E-state index is 13.0. The third-order valence-electron chi connectivity index (χ3n) is 4.76. The van der Waals surface area contributed by atoms with E-state index in [-0.39, 0.29) is 0 Å². The predicted molar refractivity (Wildman–Crippen MR) is 126 cm³/mol. The van der Waals surface area contributed by atoms with Gasteiger partial charge in [-0.1, -0.05) is 48.5 Å². The second-order valence-electron chi connectivity index (χ2n) is 6.86. The monoisotopic (exact) mass is 447 g/mol. The molecule has 0 saturated heterocycles. The van der Waals surface area contributed by atoms with E-state index in [1.54, 1.807) is 49.6 Å². The van der Waals surface area contributed by atoms with Crippen molar-refractivity contribution in [3.05, 3.63) is 83.9 Å². The van der Waals surface area contributed by atoms with Crippen LogP contribution in [0.5, 0.6) is 17.2 Å². The molecular weight excluding hydrogens is 422 g/mol. The van der Waals surface area contributed by atoms with E-state index in [9.17, 15) is 9.59 Å². The lowest BCUT2D eigenvalue weighted by Gasteiger charge is -2.13. The molecular formula is C26H25NO6. The van der Waals surface area contributed by atoms with Gasteiger partial charge in [-0.15, -0.1) is 0 Å². The fourth-order valence-electron chi connectivity index (χ4n) is 3.13. The summed E-state index contributed by atoms with van der Waals surface area (Å²) in [6.07, 6.45) is 1.68. The van der Waals surface area contributed by atoms with E-state index >= 15 is 0 Å². The van der Waals surface area contributed by atoms with Crippen molar-refractivity contribution in [3.63, 3.8) is 0 Å². The van der Waals surface area contributed by atoms with Gasteiger partial charge < -0.3 is 24.3 Å². The maximum absolute atomic E-state index is 13.0. The Morgan fingerprint density at radius 2 is 1.52 bits per heavy atom. The summed E-state index contributed by atoms with van der Waals surface area (Å²) in [5.41, 5.74) is 2.07. The number of nitrogens with one attached hydrogen (secondary N) is 1. The van der Waals surface area contributed by atoms with Gasteiger partial charge >= 0.3 is 5.97 Å². The number of anilines is 1. The fourth-order valence-corrected chi connectivity index (χ4v) is 3.13. The highest BCUT2D eigenvalue weighted by Gasteiger charge is 2.17. The van der Waals surface area contributed by atoms with Gasteiger partial charge in [-0.2, -0.15) is 0 Å². The van der Waals surface area contributed by atoms with Crippen LogP contribution < -0.4 is 19.5 Å². The molecule has 0 spiro atoms. The molecule has 7 heteroatoms. The van der Waals surface area contributed by atoms with E-state index in [4.69, 9.17) is 18.9 Å². The standard InChI is InChI=1S/C26H25NO6/c1-30-20-13-14-24(32-3)22(16-20)27-25(28)17-33-26(29)21(18-9-5-4-6-10-18)15-19-11-7-8-12-23(19)31-2/h4-16H,17H2,1-3H3,(H,27,28)/b21-15+. The number of hydrogen-bond acceptors (Lipinski definition) is 6. The van der Waals surface area contributed by atoms with Gasteiger partial charge in [0.1, 0.15) is 17.2 Å². The van der Waals surface area contributed by atoms with Gasteiger partial charge in [0.25, 0.3) is 5.91 Å². The second kappa shape index (κ2) is 11.4. The molecule has 0 unspecified atom stereocenters. The molecule has 3 aromatic carbocycles. The number of ether oxygens (including phenoxy) is 4. The van der Waals surface area contributed by atoms with Crippen LogP contribution >= 0.6 is 0 Å². The largest absolute Gasteiger partial charge is 0.497 e. The van der Waals surface area contributed by atoms with Crippen molar-refractivity contribution in [2.24, 2.45) is 0 Å². The summed E-state index contributed by atoms with van der Waals surface area (Å²) < 4.78 is 21.2. The van der Waals surface area contributed by atoms with Crippen molar-refractivity contribution in [1.29, 1.82) is 0 Å². The van der Waals surface area contributed by atoms with Crippen LogP contribution in [0, 0.1) is 0 Å². The molecule has 0 heterocycles. The van der Waals surface area contributed by atoms with E-state index in [0.29, 0.717) is 39.6 Å². The second-order valence-corrected chi connectivity index (χ2v) is 6.86. The molecule has 0 saturated carbocycles. The summed E-state index contributed by atoms with van der Waals surface area (Å²) in [6.45, 7) is -0.477. The maximum Gasteiger partial charge on any atom is 0.339 e. The minimum Gasteiger partial charge on any atom is -0.497 e. The lowest BCUT2D eigenvalue weighted by atomic mass is 10.0. The van der Waals surface area contributed by atoms with Gasteiger partial charge in [0.2, 0.25) is 0 Å². The molecule has 0 aromatic heterocycles. The Bertz CT molecular complexity index is 1140. The molecule has 0 fully saturated rings. The van der Waals surface area contributed by atoms with Crippen molar-refractivity contribution >= 4 is 29.2 Å². The summed E-state index contributed by atoms with van der Waals surface area (Å²) >= 11 is 0. The Morgan fingerprint density at radius 1 is 0.818 bits per heavy atom. The number of rotatable bonds is 9. The Balaban J connectivity index is 1.78. The van der Waals surface area contributed by atoms with Crippen LogP contribution in [0.25, 0.3) is 11.6 Å². The highest BCUT2D eigenvalue weighted by Crippen LogP contribution is 2.29. The topological polar surface area (TPSA) is 83.1 Å². The van der Waals surface area contributed by atoms with Crippen LogP contribution in [0.15, 0.2) is 72.8 Å². The Labute approximate surface area is 192 Å². The van der Waals surface area contributed by atoms with E-state index in [0.717, 1.165) is 0 Å². The Kier molecular flexibility index (Phi) is 8.07. The average molecular weight is 447 g/mol. The highest BCUT2D eigenvalue weighted by atomic mass is 16.5. The van der Waals surface area contributed by atoms with E-state index in [2.05, 4.69) is 5.32 Å². The van der Waals surface area contributed by atoms with Crippen LogP contribution in [-0.2, 0) is 14.3 Å². The van der Waals surface area contributed by atoms with Crippen molar-refractivity contribution in [1.82, 2.24) is 0 Å². The van der Waals surface area contributed by atoms with Crippen LogP contribution in [0.3, 0.4) is 0 Å². The molecule has 0 aliphatic carbocycles. The van der Waals surface area contributed by atoms with Gasteiger partial charge in [0.05, 0.1) is 32.6 Å². The molecule has 33 heavy (non-hydrogen) atoms. The third-order valence-corrected chi connectivity index (χ3v) is 4.76. The zero-order valence-corrected chi connectivity index (χ0v) is 18.7. The first kappa shape index (κ1) is 23.4. The lowest BCUT2D eigenvalue weighted by Crippen LogP contribution is -2.21. The first-order valence-electron chi connectivity index (χ1n) is 10.1. The SMILES string of the molecule is COc1ccc(OC)c(NC(=O)COC(=O)/C(=C/c2ccccc2OC)c2ccccc2)c1. The number of hydrogen-bond donors (Lipinski definition) is 1. The zero-order valence-electron chi connectivity index (χ0n) is 18.7. The third kappa shape index (κ3) is 6.13. The van der Waals surface area contributed by atoms with Crippen molar-refractivity contribution in [2.45, 2.75) is 0 Å². The molecule has 1 N–H and O–H groups in total. The number of esters is 1.